The van der Waals surface area contributed by atoms with Gasteiger partial charge in [-0.15, -0.1) is 0 Å². The minimum absolute atomic E-state index is 0.134. The SMILES string of the molecule is CC(C(=O)C[C@@H]1C[C@H](C)CN(c2ccc(C#N)c3nccnc23)C1)N1CC(O)C1. The fourth-order valence-corrected chi connectivity index (χ4v) is 4.68. The molecule has 1 unspecified atom stereocenters. The Bertz CT molecular complexity index is 950. The number of carbonyl (C=O) groups is 1. The molecular weight excluding hydrogens is 366 g/mol. The van der Waals surface area contributed by atoms with Crippen LogP contribution in [-0.4, -0.2) is 64.1 Å². The molecule has 4 rings (SSSR count). The molecule has 0 saturated carbocycles. The maximum absolute atomic E-state index is 12.8. The molecule has 2 aliphatic rings. The lowest BCUT2D eigenvalue weighted by molar-refractivity contribution is -0.129. The zero-order valence-corrected chi connectivity index (χ0v) is 17.0. The molecule has 0 amide bonds. The Balaban J connectivity index is 1.52. The zero-order valence-electron chi connectivity index (χ0n) is 17.0. The first-order valence-electron chi connectivity index (χ1n) is 10.3. The standard InChI is InChI=1S/C22H27N5O2/c1-14-7-16(8-20(29)15(2)26-12-18(28)13-26)11-27(10-14)19-4-3-17(9-23)21-22(19)25-6-5-24-21/h3-6,14-16,18,28H,7-8,10-13H2,1-2H3/t14-,15?,16-/m0/s1. The van der Waals surface area contributed by atoms with Crippen molar-refractivity contribution >= 4 is 22.5 Å². The van der Waals surface area contributed by atoms with E-state index in [1.165, 1.54) is 0 Å². The van der Waals surface area contributed by atoms with Crippen molar-refractivity contribution in [3.63, 3.8) is 0 Å². The van der Waals surface area contributed by atoms with Crippen molar-refractivity contribution in [2.24, 2.45) is 11.8 Å². The molecule has 2 fully saturated rings. The number of ketones is 1. The smallest absolute Gasteiger partial charge is 0.150 e. The summed E-state index contributed by atoms with van der Waals surface area (Å²) < 4.78 is 0. The van der Waals surface area contributed by atoms with Gasteiger partial charge in [0.1, 0.15) is 22.9 Å². The Kier molecular flexibility index (Phi) is 5.48. The van der Waals surface area contributed by atoms with Gasteiger partial charge in [0.05, 0.1) is 23.4 Å². The van der Waals surface area contributed by atoms with E-state index in [1.54, 1.807) is 12.4 Å². The third-order valence-electron chi connectivity index (χ3n) is 6.21. The number of benzene rings is 1. The van der Waals surface area contributed by atoms with Crippen LogP contribution in [0.3, 0.4) is 0 Å². The van der Waals surface area contributed by atoms with Gasteiger partial charge in [-0.3, -0.25) is 19.7 Å². The number of hydrogen-bond acceptors (Lipinski definition) is 7. The van der Waals surface area contributed by atoms with Crippen LogP contribution in [0.2, 0.25) is 0 Å². The molecule has 1 aromatic heterocycles. The summed E-state index contributed by atoms with van der Waals surface area (Å²) in [5.74, 6) is 0.993. The first-order chi connectivity index (χ1) is 14.0. The topological polar surface area (TPSA) is 93.3 Å². The summed E-state index contributed by atoms with van der Waals surface area (Å²) in [6, 6.07) is 5.82. The van der Waals surface area contributed by atoms with Crippen LogP contribution in [0.5, 0.6) is 0 Å². The van der Waals surface area contributed by atoms with Crippen molar-refractivity contribution in [3.05, 3.63) is 30.1 Å². The number of nitriles is 1. The molecule has 3 atom stereocenters. The predicted octanol–water partition coefficient (Wildman–Crippen LogP) is 1.99. The zero-order chi connectivity index (χ0) is 20.5. The average Bonchev–Trinajstić information content (AvgIpc) is 2.69. The monoisotopic (exact) mass is 393 g/mol. The van der Waals surface area contributed by atoms with E-state index in [-0.39, 0.29) is 23.8 Å². The summed E-state index contributed by atoms with van der Waals surface area (Å²) in [5.41, 5.74) is 2.88. The van der Waals surface area contributed by atoms with Crippen LogP contribution in [0.1, 0.15) is 32.3 Å². The Morgan fingerprint density at radius 1 is 1.24 bits per heavy atom. The highest BCUT2D eigenvalue weighted by atomic mass is 16.3. The molecule has 152 valence electrons. The minimum atomic E-state index is -0.291. The molecule has 2 aliphatic heterocycles. The van der Waals surface area contributed by atoms with Gasteiger partial charge in [-0.25, -0.2) is 0 Å². The Hall–Kier alpha value is -2.56. The molecule has 0 spiro atoms. The maximum Gasteiger partial charge on any atom is 0.150 e. The van der Waals surface area contributed by atoms with Crippen molar-refractivity contribution in [2.45, 2.75) is 38.8 Å². The minimum Gasteiger partial charge on any atom is -0.390 e. The van der Waals surface area contributed by atoms with Gasteiger partial charge < -0.3 is 10.0 Å². The molecule has 1 aromatic carbocycles. The molecule has 29 heavy (non-hydrogen) atoms. The quantitative estimate of drug-likeness (QED) is 0.830. The van der Waals surface area contributed by atoms with Crippen molar-refractivity contribution in [2.75, 3.05) is 31.1 Å². The van der Waals surface area contributed by atoms with Crippen LogP contribution in [0.4, 0.5) is 5.69 Å². The van der Waals surface area contributed by atoms with Crippen LogP contribution >= 0.6 is 0 Å². The number of nitrogens with zero attached hydrogens (tertiary/aromatic N) is 5. The normalized spacial score (nSPS) is 24.1. The summed E-state index contributed by atoms with van der Waals surface area (Å²) in [6.45, 7) is 7.05. The molecule has 7 heteroatoms. The second kappa shape index (κ2) is 8.05. The molecular formula is C22H27N5O2. The number of hydrogen-bond donors (Lipinski definition) is 1. The summed E-state index contributed by atoms with van der Waals surface area (Å²) in [4.78, 5) is 26.0. The number of aliphatic hydroxyl groups is 1. The van der Waals surface area contributed by atoms with Crippen LogP contribution in [-0.2, 0) is 4.79 Å². The van der Waals surface area contributed by atoms with Crippen LogP contribution in [0.25, 0.3) is 11.0 Å². The van der Waals surface area contributed by atoms with Crippen molar-refractivity contribution in [1.82, 2.24) is 14.9 Å². The fraction of sp³-hybridized carbons (Fsp3) is 0.545. The first-order valence-corrected chi connectivity index (χ1v) is 10.3. The highest BCUT2D eigenvalue weighted by molar-refractivity contribution is 5.92. The van der Waals surface area contributed by atoms with Crippen LogP contribution in [0, 0.1) is 23.2 Å². The maximum atomic E-state index is 12.8. The van der Waals surface area contributed by atoms with Gasteiger partial charge in [-0.2, -0.15) is 5.26 Å². The first kappa shape index (κ1) is 19.7. The van der Waals surface area contributed by atoms with Gasteiger partial charge in [-0.05, 0) is 37.3 Å². The van der Waals surface area contributed by atoms with E-state index >= 15 is 0 Å². The number of likely N-dealkylation sites (tertiary alicyclic amines) is 1. The van der Waals surface area contributed by atoms with E-state index < -0.39 is 0 Å². The summed E-state index contributed by atoms with van der Waals surface area (Å²) in [7, 11) is 0. The number of rotatable bonds is 5. The second-order valence-electron chi connectivity index (χ2n) is 8.56. The molecule has 0 aliphatic carbocycles. The third-order valence-corrected chi connectivity index (χ3v) is 6.21. The summed E-state index contributed by atoms with van der Waals surface area (Å²) in [6.07, 6.45) is 4.55. The Morgan fingerprint density at radius 3 is 2.66 bits per heavy atom. The lowest BCUT2D eigenvalue weighted by atomic mass is 9.85. The van der Waals surface area contributed by atoms with Crippen LogP contribution in [0.15, 0.2) is 24.5 Å². The number of piperidine rings is 1. The number of carbonyl (C=O) groups excluding carboxylic acids is 1. The van der Waals surface area contributed by atoms with E-state index in [1.807, 2.05) is 24.0 Å². The second-order valence-corrected chi connectivity index (χ2v) is 8.56. The third kappa shape index (κ3) is 3.96. The van der Waals surface area contributed by atoms with Gasteiger partial charge in [0.15, 0.2) is 0 Å². The molecule has 2 aromatic rings. The highest BCUT2D eigenvalue weighted by Gasteiger charge is 2.34. The number of aliphatic hydroxyl groups excluding tert-OH is 1. The van der Waals surface area contributed by atoms with Gasteiger partial charge in [0.2, 0.25) is 0 Å². The van der Waals surface area contributed by atoms with Crippen molar-refractivity contribution < 1.29 is 9.90 Å². The van der Waals surface area contributed by atoms with E-state index in [0.717, 1.165) is 30.7 Å². The summed E-state index contributed by atoms with van der Waals surface area (Å²) in [5, 5.41) is 18.9. The van der Waals surface area contributed by atoms with Gasteiger partial charge in [-0.1, -0.05) is 6.92 Å². The fourth-order valence-electron chi connectivity index (χ4n) is 4.68. The number of Topliss-reactive ketones (excluding diaryl/α,β-unsaturated/α-hetero) is 1. The lowest BCUT2D eigenvalue weighted by Gasteiger charge is -2.41. The number of anilines is 1. The number of aromatic nitrogens is 2. The number of fused-ring (bicyclic) bond motifs is 1. The van der Waals surface area contributed by atoms with E-state index in [2.05, 4.69) is 27.9 Å². The van der Waals surface area contributed by atoms with Gasteiger partial charge >= 0.3 is 0 Å². The van der Waals surface area contributed by atoms with Crippen LogP contribution < -0.4 is 4.90 Å². The lowest BCUT2D eigenvalue weighted by Crippen LogP contribution is -2.57. The van der Waals surface area contributed by atoms with E-state index in [4.69, 9.17) is 0 Å². The van der Waals surface area contributed by atoms with Gasteiger partial charge in [0.25, 0.3) is 0 Å². The summed E-state index contributed by atoms with van der Waals surface area (Å²) >= 11 is 0. The highest BCUT2D eigenvalue weighted by Crippen LogP contribution is 2.33. The molecule has 1 N–H and O–H groups in total. The van der Waals surface area contributed by atoms with Crippen molar-refractivity contribution in [1.29, 1.82) is 5.26 Å². The molecule has 0 radical (unpaired) electrons. The average molecular weight is 393 g/mol. The van der Waals surface area contributed by atoms with Gasteiger partial charge in [0, 0.05) is 45.0 Å². The largest absolute Gasteiger partial charge is 0.390 e. The van der Waals surface area contributed by atoms with Crippen molar-refractivity contribution in [3.8, 4) is 6.07 Å². The molecule has 2 saturated heterocycles. The number of β-amino-alcohol motifs (C(OH)–C–C–N with tert-alkyl or cyclic N) is 1. The predicted molar refractivity (Wildman–Crippen MR) is 110 cm³/mol. The molecule has 3 heterocycles. The van der Waals surface area contributed by atoms with E-state index in [0.29, 0.717) is 36.5 Å². The molecule has 7 nitrogen and oxygen atoms in total. The van der Waals surface area contributed by atoms with E-state index in [9.17, 15) is 15.2 Å². The molecule has 0 bridgehead atoms. The Morgan fingerprint density at radius 2 is 1.97 bits per heavy atom. The Labute approximate surface area is 171 Å².